The van der Waals surface area contributed by atoms with Gasteiger partial charge in [-0.25, -0.2) is 63.9 Å². The molecule has 1 spiro atoms. The lowest BCUT2D eigenvalue weighted by atomic mass is 9.67. The first-order valence-electron chi connectivity index (χ1n) is 26.3. The normalized spacial score (nSPS) is 23.5. The second kappa shape index (κ2) is 36.1. The van der Waals surface area contributed by atoms with Crippen LogP contribution in [-0.2, 0) is 82.8 Å². The van der Waals surface area contributed by atoms with Crippen LogP contribution >= 0.6 is 0 Å². The molecule has 28 nitrogen and oxygen atoms in total. The minimum absolute atomic E-state index is 0.0669. The molecule has 6 unspecified atom stereocenters. The van der Waals surface area contributed by atoms with Gasteiger partial charge in [-0.2, -0.15) is 14.7 Å². The number of aliphatic hydroxyl groups excluding tert-OH is 10. The Morgan fingerprint density at radius 2 is 1.14 bits per heavy atom. The molecule has 2 aliphatic rings. The third kappa shape index (κ3) is 24.0. The van der Waals surface area contributed by atoms with E-state index in [-0.39, 0.29) is 105 Å². The van der Waals surface area contributed by atoms with Crippen molar-refractivity contribution in [3.8, 4) is 0 Å². The summed E-state index contributed by atoms with van der Waals surface area (Å²) >= 11 is 0. The lowest BCUT2D eigenvalue weighted by Crippen LogP contribution is -2.79. The molecule has 0 bridgehead atoms. The standard InChI is InChI=1S/C49H94O28/c1-42(30-54,18-24-53)12-9-25-63-67-36-43(2,11-7-21-50)14-16-48(17-15-44(3,31-55)35-62-39(60)10-23-52,19-26-64-74-46(5,33-57)28-40(69-61)71-68-37-59)20-27-65-75-47(6,34-58)41-49(77-72-41)38(70-76-49)29-66-73-45(4,32-56)13-8-22-51/h38,40-41,50-59,61H,7-37H2,1-6H3/t38?,40?,41?,42-,43+,44+,45?,46+,47-,48?,49?/m1/s1. The molecular weight excluding hydrogens is 1040 g/mol. The highest BCUT2D eigenvalue weighted by atomic mass is 17.4. The quantitative estimate of drug-likeness (QED) is 0.0135. The molecule has 2 heterocycles. The number of hydrogen-bond donors (Lipinski definition) is 11. The minimum Gasteiger partial charge on any atom is -0.465 e. The van der Waals surface area contributed by atoms with Crippen LogP contribution in [0.15, 0.2) is 0 Å². The van der Waals surface area contributed by atoms with Crippen LogP contribution in [-0.4, -0.2) is 209 Å². The Bertz CT molecular complexity index is 1560. The van der Waals surface area contributed by atoms with E-state index in [1.807, 2.05) is 13.8 Å². The summed E-state index contributed by atoms with van der Waals surface area (Å²) in [4.78, 5) is 92.9. The summed E-state index contributed by atoms with van der Waals surface area (Å²) < 4.78 is 5.46. The van der Waals surface area contributed by atoms with Crippen LogP contribution < -0.4 is 0 Å². The molecule has 0 aromatic rings. The molecule has 28 heteroatoms. The molecule has 0 saturated carbocycles. The minimum atomic E-state index is -1.66. The molecule has 2 aliphatic heterocycles. The summed E-state index contributed by atoms with van der Waals surface area (Å²) in [5.74, 6) is -2.30. The van der Waals surface area contributed by atoms with E-state index < -0.39 is 109 Å². The molecule has 458 valence electrons. The lowest BCUT2D eigenvalue weighted by Gasteiger charge is -2.57. The van der Waals surface area contributed by atoms with Crippen LogP contribution in [0.2, 0.25) is 0 Å². The van der Waals surface area contributed by atoms with E-state index in [9.17, 15) is 56.0 Å². The van der Waals surface area contributed by atoms with Gasteiger partial charge in [-0.3, -0.25) is 4.79 Å². The van der Waals surface area contributed by atoms with Crippen LogP contribution in [0, 0.1) is 21.7 Å². The molecule has 2 saturated heterocycles. The van der Waals surface area contributed by atoms with Gasteiger partial charge in [-0.05, 0) is 120 Å². The van der Waals surface area contributed by atoms with E-state index in [1.54, 1.807) is 13.8 Å². The molecule has 77 heavy (non-hydrogen) atoms. The zero-order valence-corrected chi connectivity index (χ0v) is 46.0. The fraction of sp³-hybridized carbons (Fsp3) is 0.980. The van der Waals surface area contributed by atoms with Crippen molar-refractivity contribution in [1.29, 1.82) is 0 Å². The van der Waals surface area contributed by atoms with E-state index in [1.165, 1.54) is 13.8 Å². The highest BCUT2D eigenvalue weighted by molar-refractivity contribution is 5.69. The van der Waals surface area contributed by atoms with Gasteiger partial charge in [0.15, 0.2) is 24.6 Å². The van der Waals surface area contributed by atoms with Gasteiger partial charge in [-0.1, -0.05) is 20.8 Å². The van der Waals surface area contributed by atoms with Crippen LogP contribution in [0.1, 0.15) is 138 Å². The van der Waals surface area contributed by atoms with Gasteiger partial charge in [0, 0.05) is 38.3 Å². The van der Waals surface area contributed by atoms with Gasteiger partial charge in [0.2, 0.25) is 6.29 Å². The fourth-order valence-corrected chi connectivity index (χ4v) is 8.52. The molecule has 0 aliphatic carbocycles. The second-order valence-corrected chi connectivity index (χ2v) is 22.1. The predicted molar refractivity (Wildman–Crippen MR) is 260 cm³/mol. The fourth-order valence-electron chi connectivity index (χ4n) is 8.52. The second-order valence-electron chi connectivity index (χ2n) is 22.1. The van der Waals surface area contributed by atoms with Crippen LogP contribution in [0.4, 0.5) is 0 Å². The summed E-state index contributed by atoms with van der Waals surface area (Å²) in [6.07, 6.45) is 0.633. The van der Waals surface area contributed by atoms with Crippen molar-refractivity contribution >= 4 is 5.97 Å². The molecule has 0 radical (unpaired) electrons. The molecule has 2 fully saturated rings. The summed E-state index contributed by atoms with van der Waals surface area (Å²) in [5.41, 5.74) is -7.29. The topological polar surface area (TPSA) is 387 Å². The Hall–Kier alpha value is -1.57. The van der Waals surface area contributed by atoms with Crippen molar-refractivity contribution in [2.24, 2.45) is 21.7 Å². The van der Waals surface area contributed by atoms with E-state index in [0.29, 0.717) is 57.8 Å². The highest BCUT2D eigenvalue weighted by Gasteiger charge is 2.73. The van der Waals surface area contributed by atoms with Gasteiger partial charge < -0.3 is 55.8 Å². The number of aliphatic hydroxyl groups is 10. The van der Waals surface area contributed by atoms with Gasteiger partial charge in [0.05, 0.1) is 72.5 Å². The molecule has 11 N–H and O–H groups in total. The van der Waals surface area contributed by atoms with Gasteiger partial charge in [-0.15, -0.1) is 0 Å². The third-order valence-electron chi connectivity index (χ3n) is 14.5. The van der Waals surface area contributed by atoms with Gasteiger partial charge in [0.25, 0.3) is 5.79 Å². The average molecular weight is 1130 g/mol. The SMILES string of the molecule is CC(CO)(CCCO)OOCC1OOC12OOC2[C@@](C)(CO)OOCCC(CCOO[C@](C)(CO)CC(OO)OOCO)(CC[C@](C)(CCCO)COOCCC[C@@](C)(CO)CCO)CC[C@@](C)(CO)COC(=O)CCO. The van der Waals surface area contributed by atoms with Crippen molar-refractivity contribution < 1.29 is 139 Å². The number of carbonyl (C=O) groups is 1. The number of ether oxygens (including phenoxy) is 1. The maximum Gasteiger partial charge on any atom is 0.308 e. The van der Waals surface area contributed by atoms with Crippen molar-refractivity contribution in [2.75, 3.05) is 106 Å². The van der Waals surface area contributed by atoms with Crippen molar-refractivity contribution in [2.45, 2.75) is 179 Å². The summed E-state index contributed by atoms with van der Waals surface area (Å²) in [6, 6.07) is 0. The Kier molecular flexibility index (Phi) is 33.5. The maximum atomic E-state index is 12.4. The number of hydrogen-bond acceptors (Lipinski definition) is 28. The molecule has 0 amide bonds. The Morgan fingerprint density at radius 3 is 1.68 bits per heavy atom. The van der Waals surface area contributed by atoms with Crippen LogP contribution in [0.25, 0.3) is 0 Å². The molecular formula is C49H94O28. The zero-order valence-electron chi connectivity index (χ0n) is 46.0. The Morgan fingerprint density at radius 1 is 0.532 bits per heavy atom. The summed E-state index contributed by atoms with van der Waals surface area (Å²) in [6.45, 7) is 5.86. The van der Waals surface area contributed by atoms with E-state index in [2.05, 4.69) is 9.78 Å². The summed E-state index contributed by atoms with van der Waals surface area (Å²) in [7, 11) is 0. The van der Waals surface area contributed by atoms with Crippen LogP contribution in [0.3, 0.4) is 0 Å². The highest BCUT2D eigenvalue weighted by Crippen LogP contribution is 2.50. The zero-order chi connectivity index (χ0) is 57.5. The van der Waals surface area contributed by atoms with Crippen LogP contribution in [0.5, 0.6) is 0 Å². The molecule has 2 rings (SSSR count). The Labute approximate surface area is 450 Å². The number of esters is 1. The van der Waals surface area contributed by atoms with E-state index in [0.717, 1.165) is 0 Å². The largest absolute Gasteiger partial charge is 0.465 e. The van der Waals surface area contributed by atoms with Crippen molar-refractivity contribution in [1.82, 2.24) is 0 Å². The van der Waals surface area contributed by atoms with Gasteiger partial charge >= 0.3 is 5.97 Å². The molecule has 0 aromatic heterocycles. The van der Waals surface area contributed by atoms with E-state index in [4.69, 9.17) is 73.4 Å². The van der Waals surface area contributed by atoms with Crippen molar-refractivity contribution in [3.63, 3.8) is 0 Å². The monoisotopic (exact) mass is 1130 g/mol. The maximum absolute atomic E-state index is 12.4. The van der Waals surface area contributed by atoms with E-state index >= 15 is 0 Å². The summed E-state index contributed by atoms with van der Waals surface area (Å²) in [5, 5.41) is 108. The number of rotatable bonds is 51. The first-order chi connectivity index (χ1) is 36.6. The molecule has 0 aromatic carbocycles. The number of carbonyl (C=O) groups excluding carboxylic acids is 1. The smallest absolute Gasteiger partial charge is 0.308 e. The average Bonchev–Trinajstić information content (AvgIpc) is 3.41. The Balaban J connectivity index is 2.47. The predicted octanol–water partition coefficient (Wildman–Crippen LogP) is 1.46. The lowest BCUT2D eigenvalue weighted by molar-refractivity contribution is -0.726. The van der Waals surface area contributed by atoms with Crippen molar-refractivity contribution in [3.05, 3.63) is 0 Å². The van der Waals surface area contributed by atoms with Gasteiger partial charge in [0.1, 0.15) is 17.8 Å². The molecule has 11 atom stereocenters. The first-order valence-corrected chi connectivity index (χ1v) is 26.3. The third-order valence-corrected chi connectivity index (χ3v) is 14.5. The first kappa shape index (κ1) is 71.5.